The number of alkyl halides is 1. The van der Waals surface area contributed by atoms with Crippen LogP contribution in [0.3, 0.4) is 0 Å². The lowest BCUT2D eigenvalue weighted by molar-refractivity contribution is 0.495. The highest BCUT2D eigenvalue weighted by atomic mass is 35.5. The molecule has 4 heteroatoms. The molecule has 2 aromatic heterocycles. The van der Waals surface area contributed by atoms with Gasteiger partial charge in [0.25, 0.3) is 0 Å². The van der Waals surface area contributed by atoms with Crippen molar-refractivity contribution in [2.24, 2.45) is 0 Å². The summed E-state index contributed by atoms with van der Waals surface area (Å²) in [4.78, 5) is 3.97. The zero-order valence-corrected chi connectivity index (χ0v) is 7.84. The zero-order chi connectivity index (χ0) is 9.26. The Balaban J connectivity index is 2.41. The number of oxazole rings is 1. The maximum absolute atomic E-state index is 5.55. The van der Waals surface area contributed by atoms with E-state index in [2.05, 4.69) is 4.98 Å². The van der Waals surface area contributed by atoms with E-state index in [0.29, 0.717) is 17.4 Å². The first-order valence-electron chi connectivity index (χ1n) is 3.86. The number of hydrogen-bond donors (Lipinski definition) is 0. The van der Waals surface area contributed by atoms with Gasteiger partial charge in [0.15, 0.2) is 11.5 Å². The van der Waals surface area contributed by atoms with Crippen LogP contribution < -0.4 is 0 Å². The van der Waals surface area contributed by atoms with Crippen LogP contribution in [0.2, 0.25) is 0 Å². The highest BCUT2D eigenvalue weighted by Crippen LogP contribution is 2.25. The van der Waals surface area contributed by atoms with Gasteiger partial charge in [0.05, 0.1) is 18.3 Å². The van der Waals surface area contributed by atoms with Gasteiger partial charge < -0.3 is 8.83 Å². The molecule has 0 saturated heterocycles. The third kappa shape index (κ3) is 1.47. The van der Waals surface area contributed by atoms with Crippen molar-refractivity contribution in [2.75, 3.05) is 0 Å². The average Bonchev–Trinajstić information content (AvgIpc) is 2.71. The van der Waals surface area contributed by atoms with Crippen molar-refractivity contribution in [1.82, 2.24) is 4.98 Å². The molecule has 0 fully saturated rings. The summed E-state index contributed by atoms with van der Waals surface area (Å²) in [6.45, 7) is 1.95. The Bertz CT molecular complexity index is 405. The second-order valence-electron chi connectivity index (χ2n) is 2.68. The average molecular weight is 198 g/mol. The predicted molar refractivity (Wildman–Crippen MR) is 48.5 cm³/mol. The molecule has 0 aliphatic rings. The van der Waals surface area contributed by atoms with Crippen molar-refractivity contribution >= 4 is 11.6 Å². The van der Waals surface area contributed by atoms with Gasteiger partial charge in [-0.3, -0.25) is 0 Å². The quantitative estimate of drug-likeness (QED) is 0.695. The molecular formula is C9H8ClNO2. The molecule has 0 atom stereocenters. The van der Waals surface area contributed by atoms with Crippen LogP contribution in [0, 0.1) is 6.92 Å². The summed E-state index contributed by atoms with van der Waals surface area (Å²) in [5, 5.41) is 0. The highest BCUT2D eigenvalue weighted by molar-refractivity contribution is 6.16. The molecule has 0 spiro atoms. The third-order valence-corrected chi connectivity index (χ3v) is 1.98. The van der Waals surface area contributed by atoms with E-state index in [1.807, 2.05) is 13.0 Å². The normalized spacial score (nSPS) is 10.6. The molecule has 0 aliphatic heterocycles. The van der Waals surface area contributed by atoms with Crippen molar-refractivity contribution in [3.05, 3.63) is 30.0 Å². The summed E-state index contributed by atoms with van der Waals surface area (Å²) in [6, 6.07) is 1.87. The Morgan fingerprint density at radius 2 is 2.38 bits per heavy atom. The summed E-state index contributed by atoms with van der Waals surface area (Å²) in [5.74, 6) is 2.12. The van der Waals surface area contributed by atoms with Crippen molar-refractivity contribution in [2.45, 2.75) is 12.8 Å². The van der Waals surface area contributed by atoms with Crippen LogP contribution in [-0.4, -0.2) is 4.98 Å². The van der Waals surface area contributed by atoms with E-state index in [1.54, 1.807) is 12.5 Å². The molecule has 13 heavy (non-hydrogen) atoms. The van der Waals surface area contributed by atoms with E-state index in [0.717, 1.165) is 5.56 Å². The first-order chi connectivity index (χ1) is 6.31. The van der Waals surface area contributed by atoms with Crippen LogP contribution in [-0.2, 0) is 5.88 Å². The Hall–Kier alpha value is -1.22. The van der Waals surface area contributed by atoms with Gasteiger partial charge in [-0.1, -0.05) is 0 Å². The number of furan rings is 1. The van der Waals surface area contributed by atoms with Crippen molar-refractivity contribution in [1.29, 1.82) is 0 Å². The molecule has 0 aromatic carbocycles. The molecule has 2 rings (SSSR count). The molecule has 0 unspecified atom stereocenters. The molecule has 2 aromatic rings. The number of hydrogen-bond acceptors (Lipinski definition) is 3. The minimum Gasteiger partial charge on any atom is -0.461 e. The van der Waals surface area contributed by atoms with Crippen LogP contribution in [0.5, 0.6) is 0 Å². The number of halogens is 1. The first kappa shape index (κ1) is 8.38. The maximum atomic E-state index is 5.55. The van der Waals surface area contributed by atoms with E-state index in [4.69, 9.17) is 20.4 Å². The molecule has 0 amide bonds. The van der Waals surface area contributed by atoms with E-state index in [1.165, 1.54) is 0 Å². The third-order valence-electron chi connectivity index (χ3n) is 1.75. The molecular weight excluding hydrogens is 190 g/mol. The lowest BCUT2D eigenvalue weighted by Crippen LogP contribution is -1.72. The van der Waals surface area contributed by atoms with E-state index in [9.17, 15) is 0 Å². The standard InChI is InChI=1S/C9H8ClNO2/c1-6-2-3-12-9(6)7-5-11-8(4-10)13-7/h2-3,5H,4H2,1H3. The molecule has 0 bridgehead atoms. The van der Waals surface area contributed by atoms with E-state index in [-0.39, 0.29) is 5.88 Å². The van der Waals surface area contributed by atoms with Crippen LogP contribution >= 0.6 is 11.6 Å². The summed E-state index contributed by atoms with van der Waals surface area (Å²) in [5.41, 5.74) is 1.03. The van der Waals surface area contributed by atoms with E-state index >= 15 is 0 Å². The number of aromatic nitrogens is 1. The minimum atomic E-state index is 0.278. The second-order valence-corrected chi connectivity index (χ2v) is 2.95. The maximum Gasteiger partial charge on any atom is 0.210 e. The summed E-state index contributed by atoms with van der Waals surface area (Å²) in [7, 11) is 0. The number of rotatable bonds is 2. The van der Waals surface area contributed by atoms with Gasteiger partial charge in [-0.05, 0) is 18.6 Å². The van der Waals surface area contributed by atoms with Crippen LogP contribution in [0.4, 0.5) is 0 Å². The smallest absolute Gasteiger partial charge is 0.210 e. The fourth-order valence-corrected chi connectivity index (χ4v) is 1.23. The molecule has 68 valence electrons. The second kappa shape index (κ2) is 3.26. The Morgan fingerprint density at radius 1 is 1.54 bits per heavy atom. The lowest BCUT2D eigenvalue weighted by Gasteiger charge is -1.90. The summed E-state index contributed by atoms with van der Waals surface area (Å²) in [6.07, 6.45) is 3.23. The van der Waals surface area contributed by atoms with Gasteiger partial charge in [-0.25, -0.2) is 4.98 Å². The highest BCUT2D eigenvalue weighted by Gasteiger charge is 2.10. The fraction of sp³-hybridized carbons (Fsp3) is 0.222. The SMILES string of the molecule is Cc1ccoc1-c1cnc(CCl)o1. The van der Waals surface area contributed by atoms with Crippen LogP contribution in [0.25, 0.3) is 11.5 Å². The van der Waals surface area contributed by atoms with Gasteiger partial charge in [0.2, 0.25) is 5.89 Å². The topological polar surface area (TPSA) is 39.2 Å². The van der Waals surface area contributed by atoms with Gasteiger partial charge in [-0.2, -0.15) is 0 Å². The Kier molecular flexibility index (Phi) is 2.10. The predicted octanol–water partition coefficient (Wildman–Crippen LogP) is 2.98. The lowest BCUT2D eigenvalue weighted by atomic mass is 10.2. The van der Waals surface area contributed by atoms with Gasteiger partial charge in [-0.15, -0.1) is 11.6 Å². The van der Waals surface area contributed by atoms with E-state index < -0.39 is 0 Å². The number of aryl methyl sites for hydroxylation is 1. The monoisotopic (exact) mass is 197 g/mol. The van der Waals surface area contributed by atoms with Gasteiger partial charge in [0.1, 0.15) is 0 Å². The van der Waals surface area contributed by atoms with Crippen molar-refractivity contribution in [3.8, 4) is 11.5 Å². The van der Waals surface area contributed by atoms with Crippen LogP contribution in [0.1, 0.15) is 11.5 Å². The molecule has 0 aliphatic carbocycles. The molecule has 3 nitrogen and oxygen atoms in total. The van der Waals surface area contributed by atoms with Crippen molar-refractivity contribution < 1.29 is 8.83 Å². The van der Waals surface area contributed by atoms with Gasteiger partial charge in [0, 0.05) is 0 Å². The van der Waals surface area contributed by atoms with Crippen LogP contribution in [0.15, 0.2) is 27.4 Å². The molecule has 0 saturated carbocycles. The summed E-state index contributed by atoms with van der Waals surface area (Å²) >= 11 is 5.55. The zero-order valence-electron chi connectivity index (χ0n) is 7.08. The molecule has 2 heterocycles. The number of nitrogens with zero attached hydrogens (tertiary/aromatic N) is 1. The Labute approximate surface area is 80.3 Å². The summed E-state index contributed by atoms with van der Waals surface area (Å²) < 4.78 is 10.6. The molecule has 0 radical (unpaired) electrons. The fourth-order valence-electron chi connectivity index (χ4n) is 1.10. The minimum absolute atomic E-state index is 0.278. The van der Waals surface area contributed by atoms with Gasteiger partial charge >= 0.3 is 0 Å². The van der Waals surface area contributed by atoms with Crippen molar-refractivity contribution in [3.63, 3.8) is 0 Å². The largest absolute Gasteiger partial charge is 0.461 e. The Morgan fingerprint density at radius 3 is 2.92 bits per heavy atom. The molecule has 0 N–H and O–H groups in total. The first-order valence-corrected chi connectivity index (χ1v) is 4.40.